The average molecular weight is 202 g/mol. The maximum Gasteiger partial charge on any atom is 0.303 e. The molecule has 5 heteroatoms. The third kappa shape index (κ3) is 8.99. The number of amides is 1. The molecule has 0 saturated heterocycles. The van der Waals surface area contributed by atoms with Gasteiger partial charge in [-0.15, -0.1) is 0 Å². The van der Waals surface area contributed by atoms with E-state index < -0.39 is 5.97 Å². The molecule has 5 nitrogen and oxygen atoms in total. The number of carbonyl (C=O) groups excluding carboxylic acids is 1. The SMILES string of the molecule is CN(CCCCCC(=O)O)CC(N)=O. The topological polar surface area (TPSA) is 83.6 Å². The Labute approximate surface area is 83.9 Å². The molecule has 0 heterocycles. The highest BCUT2D eigenvalue weighted by molar-refractivity contribution is 5.75. The lowest BCUT2D eigenvalue weighted by Crippen LogP contribution is -2.31. The van der Waals surface area contributed by atoms with Crippen molar-refractivity contribution in [1.82, 2.24) is 4.90 Å². The zero-order chi connectivity index (χ0) is 11.0. The number of rotatable bonds is 8. The number of primary amides is 1. The lowest BCUT2D eigenvalue weighted by Gasteiger charge is -2.13. The number of unbranched alkanes of at least 4 members (excludes halogenated alkanes) is 2. The Morgan fingerprint density at radius 3 is 2.43 bits per heavy atom. The third-order valence-electron chi connectivity index (χ3n) is 1.86. The van der Waals surface area contributed by atoms with Gasteiger partial charge in [0, 0.05) is 6.42 Å². The van der Waals surface area contributed by atoms with E-state index in [4.69, 9.17) is 10.8 Å². The third-order valence-corrected chi connectivity index (χ3v) is 1.86. The van der Waals surface area contributed by atoms with Gasteiger partial charge in [-0.3, -0.25) is 14.5 Å². The lowest BCUT2D eigenvalue weighted by atomic mass is 10.2. The van der Waals surface area contributed by atoms with Crippen molar-refractivity contribution in [3.05, 3.63) is 0 Å². The second-order valence-electron chi connectivity index (χ2n) is 3.41. The fourth-order valence-corrected chi connectivity index (χ4v) is 1.18. The van der Waals surface area contributed by atoms with Gasteiger partial charge >= 0.3 is 5.97 Å². The van der Waals surface area contributed by atoms with Gasteiger partial charge in [0.05, 0.1) is 6.54 Å². The summed E-state index contributed by atoms with van der Waals surface area (Å²) >= 11 is 0. The Morgan fingerprint density at radius 2 is 1.93 bits per heavy atom. The lowest BCUT2D eigenvalue weighted by molar-refractivity contribution is -0.137. The molecule has 0 aliphatic carbocycles. The molecule has 0 aromatic heterocycles. The zero-order valence-electron chi connectivity index (χ0n) is 8.53. The summed E-state index contributed by atoms with van der Waals surface area (Å²) in [6.45, 7) is 1.04. The Hall–Kier alpha value is -1.10. The number of carboxylic acid groups (broad SMARTS) is 1. The highest BCUT2D eigenvalue weighted by atomic mass is 16.4. The van der Waals surface area contributed by atoms with Crippen LogP contribution in [0, 0.1) is 0 Å². The van der Waals surface area contributed by atoms with Crippen molar-refractivity contribution >= 4 is 11.9 Å². The molecule has 0 rings (SSSR count). The van der Waals surface area contributed by atoms with Crippen LogP contribution >= 0.6 is 0 Å². The molecule has 14 heavy (non-hydrogen) atoms. The van der Waals surface area contributed by atoms with Gasteiger partial charge in [-0.05, 0) is 26.4 Å². The first-order chi connectivity index (χ1) is 6.52. The van der Waals surface area contributed by atoms with Crippen LogP contribution in [-0.4, -0.2) is 42.0 Å². The van der Waals surface area contributed by atoms with Crippen LogP contribution in [0.2, 0.25) is 0 Å². The van der Waals surface area contributed by atoms with Gasteiger partial charge < -0.3 is 10.8 Å². The second kappa shape index (κ2) is 7.32. The maximum atomic E-state index is 10.5. The smallest absolute Gasteiger partial charge is 0.303 e. The second-order valence-corrected chi connectivity index (χ2v) is 3.41. The van der Waals surface area contributed by atoms with Gasteiger partial charge in [0.25, 0.3) is 0 Å². The van der Waals surface area contributed by atoms with E-state index >= 15 is 0 Å². The van der Waals surface area contributed by atoms with E-state index in [1.807, 2.05) is 11.9 Å². The number of carboxylic acids is 1. The maximum absolute atomic E-state index is 10.5. The predicted octanol–water partition coefficient (Wildman–Crippen LogP) is 0.0485. The molecular formula is C9H18N2O3. The number of likely N-dealkylation sites (N-methyl/N-ethyl adjacent to an activating group) is 1. The Kier molecular flexibility index (Phi) is 6.74. The number of nitrogens with zero attached hydrogens (tertiary/aromatic N) is 1. The van der Waals surface area contributed by atoms with Crippen LogP contribution in [0.3, 0.4) is 0 Å². The van der Waals surface area contributed by atoms with E-state index in [0.717, 1.165) is 19.4 Å². The van der Waals surface area contributed by atoms with Crippen molar-refractivity contribution < 1.29 is 14.7 Å². The van der Waals surface area contributed by atoms with Crippen molar-refractivity contribution in [3.8, 4) is 0 Å². The largest absolute Gasteiger partial charge is 0.481 e. The molecule has 0 aliphatic rings. The van der Waals surface area contributed by atoms with Gasteiger partial charge in [0.15, 0.2) is 0 Å². The van der Waals surface area contributed by atoms with Crippen LogP contribution in [0.1, 0.15) is 25.7 Å². The molecule has 0 aromatic rings. The van der Waals surface area contributed by atoms with Crippen molar-refractivity contribution in [1.29, 1.82) is 0 Å². The summed E-state index contributed by atoms with van der Waals surface area (Å²) in [7, 11) is 1.82. The Balaban J connectivity index is 3.27. The zero-order valence-corrected chi connectivity index (χ0v) is 8.53. The molecule has 0 atom stereocenters. The van der Waals surface area contributed by atoms with Crippen LogP contribution < -0.4 is 5.73 Å². The van der Waals surface area contributed by atoms with Crippen LogP contribution in [-0.2, 0) is 9.59 Å². The molecule has 0 saturated carbocycles. The first kappa shape index (κ1) is 12.9. The molecule has 0 bridgehead atoms. The van der Waals surface area contributed by atoms with Gasteiger partial charge in [0.1, 0.15) is 0 Å². The number of hydrogen-bond donors (Lipinski definition) is 2. The molecule has 82 valence electrons. The number of aliphatic carboxylic acids is 1. The highest BCUT2D eigenvalue weighted by Gasteiger charge is 2.02. The van der Waals surface area contributed by atoms with Crippen molar-refractivity contribution in [2.45, 2.75) is 25.7 Å². The van der Waals surface area contributed by atoms with Crippen molar-refractivity contribution in [2.75, 3.05) is 20.1 Å². The van der Waals surface area contributed by atoms with E-state index in [1.165, 1.54) is 0 Å². The first-order valence-corrected chi connectivity index (χ1v) is 4.71. The first-order valence-electron chi connectivity index (χ1n) is 4.71. The summed E-state index contributed by atoms with van der Waals surface area (Å²) in [4.78, 5) is 22.5. The number of carbonyl (C=O) groups is 2. The summed E-state index contributed by atoms with van der Waals surface area (Å²) in [5.41, 5.74) is 5.01. The van der Waals surface area contributed by atoms with Gasteiger partial charge in [-0.1, -0.05) is 6.42 Å². The molecule has 3 N–H and O–H groups in total. The fraction of sp³-hybridized carbons (Fsp3) is 0.778. The molecule has 0 aliphatic heterocycles. The Morgan fingerprint density at radius 1 is 1.29 bits per heavy atom. The van der Waals surface area contributed by atoms with Crippen molar-refractivity contribution in [2.24, 2.45) is 5.73 Å². The van der Waals surface area contributed by atoms with E-state index in [0.29, 0.717) is 6.42 Å². The number of hydrogen-bond acceptors (Lipinski definition) is 3. The molecule has 0 radical (unpaired) electrons. The summed E-state index contributed by atoms with van der Waals surface area (Å²) in [5.74, 6) is -1.09. The molecule has 0 fully saturated rings. The average Bonchev–Trinajstić information content (AvgIpc) is 2.01. The molecule has 0 aromatic carbocycles. The summed E-state index contributed by atoms with van der Waals surface area (Å²) < 4.78 is 0. The van der Waals surface area contributed by atoms with Crippen LogP contribution in [0.25, 0.3) is 0 Å². The minimum atomic E-state index is -0.754. The monoisotopic (exact) mass is 202 g/mol. The summed E-state index contributed by atoms with van der Waals surface area (Å²) in [5, 5.41) is 8.37. The standard InChI is InChI=1S/C9H18N2O3/c1-11(7-8(10)12)6-4-2-3-5-9(13)14/h2-7H2,1H3,(H2,10,12)(H,13,14). The molecule has 0 unspecified atom stereocenters. The Bertz CT molecular complexity index is 194. The van der Waals surface area contributed by atoms with E-state index in [9.17, 15) is 9.59 Å². The van der Waals surface area contributed by atoms with Gasteiger partial charge in [-0.25, -0.2) is 0 Å². The minimum Gasteiger partial charge on any atom is -0.481 e. The molecule has 1 amide bonds. The predicted molar refractivity (Wildman–Crippen MR) is 52.8 cm³/mol. The van der Waals surface area contributed by atoms with E-state index in [1.54, 1.807) is 0 Å². The van der Waals surface area contributed by atoms with Crippen LogP contribution in [0.4, 0.5) is 0 Å². The summed E-state index contributed by atoms with van der Waals surface area (Å²) in [6.07, 6.45) is 2.69. The minimum absolute atomic E-state index is 0.222. The number of nitrogens with two attached hydrogens (primary N) is 1. The summed E-state index contributed by atoms with van der Waals surface area (Å²) in [6, 6.07) is 0. The van der Waals surface area contributed by atoms with Crippen molar-refractivity contribution in [3.63, 3.8) is 0 Å². The van der Waals surface area contributed by atoms with E-state index in [2.05, 4.69) is 0 Å². The van der Waals surface area contributed by atoms with Gasteiger partial charge in [0.2, 0.25) is 5.91 Å². The van der Waals surface area contributed by atoms with Crippen LogP contribution in [0.15, 0.2) is 0 Å². The molecule has 0 spiro atoms. The molecular weight excluding hydrogens is 184 g/mol. The normalized spacial score (nSPS) is 10.4. The quantitative estimate of drug-likeness (QED) is 0.545. The fourth-order valence-electron chi connectivity index (χ4n) is 1.18. The van der Waals surface area contributed by atoms with Gasteiger partial charge in [-0.2, -0.15) is 0 Å². The highest BCUT2D eigenvalue weighted by Crippen LogP contribution is 2.00. The van der Waals surface area contributed by atoms with Crippen LogP contribution in [0.5, 0.6) is 0 Å². The van der Waals surface area contributed by atoms with E-state index in [-0.39, 0.29) is 18.9 Å².